The highest BCUT2D eigenvalue weighted by molar-refractivity contribution is 5.71. The average molecular weight is 331 g/mol. The van der Waals surface area contributed by atoms with Crippen molar-refractivity contribution in [3.63, 3.8) is 0 Å². The summed E-state index contributed by atoms with van der Waals surface area (Å²) in [4.78, 5) is 37.0. The molecule has 1 aromatic heterocycles. The van der Waals surface area contributed by atoms with E-state index >= 15 is 0 Å². The zero-order chi connectivity index (χ0) is 17.7. The van der Waals surface area contributed by atoms with Gasteiger partial charge in [0, 0.05) is 0 Å². The van der Waals surface area contributed by atoms with E-state index < -0.39 is 21.9 Å². The lowest BCUT2D eigenvalue weighted by Gasteiger charge is -2.08. The van der Waals surface area contributed by atoms with Crippen LogP contribution in [0.25, 0.3) is 12.2 Å². The number of rotatable bonds is 6. The van der Waals surface area contributed by atoms with Gasteiger partial charge >= 0.3 is 16.9 Å². The number of nitrogens with zero attached hydrogens (tertiary/aromatic N) is 1. The number of ether oxygens (including phenoxy) is 1. The molecule has 0 radical (unpaired) electrons. The number of hydrogen-bond acceptors (Lipinski definition) is 5. The van der Waals surface area contributed by atoms with E-state index in [1.54, 1.807) is 30.3 Å². The maximum atomic E-state index is 11.5. The molecule has 0 bridgehead atoms. The molecular formula is C16H17N3O5. The molecule has 2 rings (SSSR count). The van der Waals surface area contributed by atoms with Crippen LogP contribution in [0.2, 0.25) is 0 Å². The molecule has 126 valence electrons. The van der Waals surface area contributed by atoms with Crippen molar-refractivity contribution in [2.75, 3.05) is 6.61 Å². The molecule has 0 saturated carbocycles. The Morgan fingerprint density at radius 2 is 1.83 bits per heavy atom. The second kappa shape index (κ2) is 7.40. The topological polar surface area (TPSA) is 118 Å². The number of H-pyrrole nitrogens is 2. The molecule has 0 aliphatic rings. The molecule has 8 nitrogen and oxygen atoms in total. The fourth-order valence-corrected chi connectivity index (χ4v) is 1.92. The molecular weight excluding hydrogens is 314 g/mol. The smallest absolute Gasteiger partial charge is 0.357 e. The first-order valence-corrected chi connectivity index (χ1v) is 7.28. The lowest BCUT2D eigenvalue weighted by atomic mass is 10.2. The van der Waals surface area contributed by atoms with Gasteiger partial charge in [-0.25, -0.2) is 4.79 Å². The van der Waals surface area contributed by atoms with Crippen LogP contribution in [-0.2, 0) is 0 Å². The van der Waals surface area contributed by atoms with Crippen LogP contribution in [0.15, 0.2) is 33.9 Å². The van der Waals surface area contributed by atoms with Gasteiger partial charge in [0.05, 0.1) is 11.5 Å². The Balaban J connectivity index is 2.24. The largest absolute Gasteiger partial charge is 0.493 e. The highest BCUT2D eigenvalue weighted by Gasteiger charge is 2.18. The molecule has 0 aliphatic carbocycles. The van der Waals surface area contributed by atoms with E-state index in [2.05, 4.69) is 4.98 Å². The van der Waals surface area contributed by atoms with E-state index in [0.29, 0.717) is 12.5 Å². The molecule has 1 aromatic carbocycles. The van der Waals surface area contributed by atoms with Crippen molar-refractivity contribution < 1.29 is 9.66 Å². The Kier molecular flexibility index (Phi) is 5.31. The molecule has 1 heterocycles. The number of hydrogen-bond donors (Lipinski definition) is 2. The van der Waals surface area contributed by atoms with E-state index in [1.165, 1.54) is 6.08 Å². The Morgan fingerprint density at radius 1 is 1.17 bits per heavy atom. The molecule has 8 heteroatoms. The lowest BCUT2D eigenvalue weighted by Crippen LogP contribution is -2.25. The first-order chi connectivity index (χ1) is 11.4. The van der Waals surface area contributed by atoms with Crippen LogP contribution >= 0.6 is 0 Å². The summed E-state index contributed by atoms with van der Waals surface area (Å²) in [6.07, 6.45) is 2.88. The molecule has 2 N–H and O–H groups in total. The van der Waals surface area contributed by atoms with E-state index in [0.717, 1.165) is 11.3 Å². The van der Waals surface area contributed by atoms with Crippen molar-refractivity contribution in [1.82, 2.24) is 9.97 Å². The molecule has 0 fully saturated rings. The summed E-state index contributed by atoms with van der Waals surface area (Å²) >= 11 is 0. The van der Waals surface area contributed by atoms with Gasteiger partial charge in [0.2, 0.25) is 0 Å². The number of benzene rings is 1. The van der Waals surface area contributed by atoms with Crippen LogP contribution in [0.3, 0.4) is 0 Å². The quantitative estimate of drug-likeness (QED) is 0.621. The Labute approximate surface area is 137 Å². The third kappa shape index (κ3) is 4.42. The molecule has 0 atom stereocenters. The van der Waals surface area contributed by atoms with Gasteiger partial charge in [-0.1, -0.05) is 32.1 Å². The molecule has 0 amide bonds. The van der Waals surface area contributed by atoms with E-state index in [4.69, 9.17) is 4.74 Å². The van der Waals surface area contributed by atoms with Gasteiger partial charge in [-0.05, 0) is 29.7 Å². The summed E-state index contributed by atoms with van der Waals surface area (Å²) in [5.74, 6) is 1.13. The minimum absolute atomic E-state index is 0.158. The van der Waals surface area contributed by atoms with Crippen LogP contribution in [-0.4, -0.2) is 21.5 Å². The number of aromatic amines is 2. The van der Waals surface area contributed by atoms with Gasteiger partial charge in [-0.15, -0.1) is 0 Å². The van der Waals surface area contributed by atoms with Crippen LogP contribution in [0, 0.1) is 16.0 Å². The van der Waals surface area contributed by atoms with E-state index in [-0.39, 0.29) is 5.69 Å². The van der Waals surface area contributed by atoms with Crippen molar-refractivity contribution in [2.24, 2.45) is 5.92 Å². The Morgan fingerprint density at radius 3 is 2.42 bits per heavy atom. The second-order valence-electron chi connectivity index (χ2n) is 5.53. The standard InChI is InChI=1S/C16H17N3O5/c1-10(2)9-24-12-6-3-11(4-7-12)5-8-13-14(19(22)23)15(20)18-16(21)17-13/h3-8,10H,9H2,1-2H3,(H2,17,18,20,21)/b8-5+. The molecule has 0 saturated heterocycles. The third-order valence-corrected chi connectivity index (χ3v) is 3.03. The zero-order valence-electron chi connectivity index (χ0n) is 13.2. The van der Waals surface area contributed by atoms with Crippen molar-refractivity contribution in [2.45, 2.75) is 13.8 Å². The summed E-state index contributed by atoms with van der Waals surface area (Å²) in [5.41, 5.74) is -1.97. The number of nitro groups is 1. The first-order valence-electron chi connectivity index (χ1n) is 7.28. The lowest BCUT2D eigenvalue weighted by molar-refractivity contribution is -0.386. The predicted octanol–water partition coefficient (Wildman–Crippen LogP) is 2.18. The second-order valence-corrected chi connectivity index (χ2v) is 5.53. The molecule has 24 heavy (non-hydrogen) atoms. The third-order valence-electron chi connectivity index (χ3n) is 3.03. The van der Waals surface area contributed by atoms with Gasteiger partial charge in [-0.3, -0.25) is 19.9 Å². The van der Waals surface area contributed by atoms with Crippen LogP contribution in [0.4, 0.5) is 5.69 Å². The zero-order valence-corrected chi connectivity index (χ0v) is 13.2. The average Bonchev–Trinajstić information content (AvgIpc) is 2.50. The molecule has 0 spiro atoms. The molecule has 0 aliphatic heterocycles. The Hall–Kier alpha value is -3.16. The van der Waals surface area contributed by atoms with Crippen molar-refractivity contribution in [1.29, 1.82) is 0 Å². The minimum Gasteiger partial charge on any atom is -0.493 e. The van der Waals surface area contributed by atoms with Gasteiger partial charge in [0.15, 0.2) is 0 Å². The fraction of sp³-hybridized carbons (Fsp3) is 0.250. The maximum absolute atomic E-state index is 11.5. The minimum atomic E-state index is -1.04. The summed E-state index contributed by atoms with van der Waals surface area (Å²) in [6, 6.07) is 7.08. The van der Waals surface area contributed by atoms with Crippen molar-refractivity contribution in [3.8, 4) is 5.75 Å². The normalized spacial score (nSPS) is 11.1. The predicted molar refractivity (Wildman–Crippen MR) is 90.0 cm³/mol. The summed E-state index contributed by atoms with van der Waals surface area (Å²) in [6.45, 7) is 4.70. The summed E-state index contributed by atoms with van der Waals surface area (Å²) in [7, 11) is 0. The van der Waals surface area contributed by atoms with E-state index in [1.807, 2.05) is 18.8 Å². The van der Waals surface area contributed by atoms with Gasteiger partial charge in [-0.2, -0.15) is 0 Å². The Bertz CT molecular complexity index is 863. The van der Waals surface area contributed by atoms with Crippen molar-refractivity contribution >= 4 is 17.8 Å². The molecule has 2 aromatic rings. The van der Waals surface area contributed by atoms with Crippen LogP contribution in [0.5, 0.6) is 5.75 Å². The van der Waals surface area contributed by atoms with Crippen molar-refractivity contribution in [3.05, 3.63) is 66.5 Å². The van der Waals surface area contributed by atoms with Crippen LogP contribution in [0.1, 0.15) is 25.1 Å². The first kappa shape index (κ1) is 17.2. The maximum Gasteiger partial charge on any atom is 0.357 e. The van der Waals surface area contributed by atoms with Gasteiger partial charge in [0.25, 0.3) is 0 Å². The van der Waals surface area contributed by atoms with Gasteiger partial charge in [0.1, 0.15) is 11.4 Å². The van der Waals surface area contributed by atoms with Crippen LogP contribution < -0.4 is 16.0 Å². The molecule has 0 unspecified atom stereocenters. The number of aromatic nitrogens is 2. The highest BCUT2D eigenvalue weighted by atomic mass is 16.6. The number of nitrogens with one attached hydrogen (secondary N) is 2. The monoisotopic (exact) mass is 331 g/mol. The fourth-order valence-electron chi connectivity index (χ4n) is 1.92. The highest BCUT2D eigenvalue weighted by Crippen LogP contribution is 2.16. The summed E-state index contributed by atoms with van der Waals surface area (Å²) < 4.78 is 5.56. The summed E-state index contributed by atoms with van der Waals surface area (Å²) in [5, 5.41) is 10.9. The van der Waals surface area contributed by atoms with E-state index in [9.17, 15) is 19.7 Å². The van der Waals surface area contributed by atoms with Gasteiger partial charge < -0.3 is 9.72 Å². The SMILES string of the molecule is CC(C)COc1ccc(/C=C/c2[nH]c(=O)[nH]c(=O)c2[N+](=O)[O-])cc1.